The van der Waals surface area contributed by atoms with Crippen molar-refractivity contribution in [1.82, 2.24) is 0 Å². The number of methoxy groups -OCH3 is 1. The number of hydrogen-bond donors (Lipinski definition) is 1. The molecule has 206 valence electrons. The van der Waals surface area contributed by atoms with Crippen LogP contribution in [0.1, 0.15) is 22.6 Å². The van der Waals surface area contributed by atoms with Crippen molar-refractivity contribution in [2.24, 2.45) is 5.73 Å². The molecule has 0 aromatic heterocycles. The van der Waals surface area contributed by atoms with Crippen LogP contribution in [0.5, 0.6) is 28.7 Å². The summed E-state index contributed by atoms with van der Waals surface area (Å²) in [6, 6.07) is 29.0. The lowest BCUT2D eigenvalue weighted by molar-refractivity contribution is -0.136. The van der Waals surface area contributed by atoms with Crippen molar-refractivity contribution in [1.29, 1.82) is 5.26 Å². The second-order valence-corrected chi connectivity index (χ2v) is 9.46. The minimum absolute atomic E-state index is 0.0175. The molecule has 4 aromatic carbocycles. The van der Waals surface area contributed by atoms with Gasteiger partial charge in [0.15, 0.2) is 18.1 Å². The first-order valence-corrected chi connectivity index (χ1v) is 13.0. The Balaban J connectivity index is 1.30. The molecule has 0 spiro atoms. The molecule has 0 saturated carbocycles. The molecule has 9 heteroatoms. The normalized spacial score (nSPS) is 13.8. The topological polar surface area (TPSA) is 113 Å². The number of nitriles is 1. The summed E-state index contributed by atoms with van der Waals surface area (Å²) < 4.78 is 27.9. The Morgan fingerprint density at radius 2 is 1.66 bits per heavy atom. The molecule has 0 amide bonds. The quantitative estimate of drug-likeness (QED) is 0.189. The van der Waals surface area contributed by atoms with E-state index in [0.29, 0.717) is 40.2 Å². The predicted molar refractivity (Wildman–Crippen MR) is 152 cm³/mol. The highest BCUT2D eigenvalue weighted by Crippen LogP contribution is 2.43. The molecule has 0 saturated heterocycles. The van der Waals surface area contributed by atoms with E-state index in [1.165, 1.54) is 7.11 Å². The second kappa shape index (κ2) is 12.4. The van der Waals surface area contributed by atoms with Crippen molar-refractivity contribution in [2.75, 3.05) is 13.7 Å². The van der Waals surface area contributed by atoms with Crippen LogP contribution in [-0.2, 0) is 11.4 Å². The molecule has 0 radical (unpaired) electrons. The lowest BCUT2D eigenvalue weighted by atomic mass is 9.83. The Labute approximate surface area is 242 Å². The number of esters is 1. The number of benzene rings is 4. The molecule has 0 fully saturated rings. The fourth-order valence-corrected chi connectivity index (χ4v) is 4.51. The second-order valence-electron chi connectivity index (χ2n) is 9.02. The zero-order valence-electron chi connectivity index (χ0n) is 22.0. The van der Waals surface area contributed by atoms with E-state index in [2.05, 4.69) is 6.07 Å². The largest absolute Gasteiger partial charge is 0.493 e. The Morgan fingerprint density at radius 3 is 2.37 bits per heavy atom. The van der Waals surface area contributed by atoms with Gasteiger partial charge in [0.25, 0.3) is 0 Å². The smallest absolute Gasteiger partial charge is 0.349 e. The number of para-hydroxylation sites is 2. The maximum Gasteiger partial charge on any atom is 0.349 e. The third-order valence-electron chi connectivity index (χ3n) is 6.37. The number of rotatable bonds is 9. The van der Waals surface area contributed by atoms with Crippen LogP contribution >= 0.6 is 11.6 Å². The summed E-state index contributed by atoms with van der Waals surface area (Å²) in [6.45, 7) is 0.0618. The summed E-state index contributed by atoms with van der Waals surface area (Å²) in [5.74, 6) is 1.12. The van der Waals surface area contributed by atoms with Gasteiger partial charge in [0.05, 0.1) is 13.0 Å². The van der Waals surface area contributed by atoms with Crippen LogP contribution in [0.3, 0.4) is 0 Å². The molecule has 2 N–H and O–H groups in total. The standard InChI is InChI=1S/C32H25ClN2O6/c1-37-27-4-2-3-5-28(27)39-19-30(36)40-24-14-15-25-29(16-24)41-32(35)26(17-34)31(25)21-8-12-23(13-9-21)38-18-20-6-10-22(33)11-7-20/h2-16,31H,18-19,35H2,1H3. The highest BCUT2D eigenvalue weighted by atomic mass is 35.5. The molecule has 8 nitrogen and oxygen atoms in total. The number of ether oxygens (including phenoxy) is 5. The highest BCUT2D eigenvalue weighted by molar-refractivity contribution is 6.30. The Hall–Kier alpha value is -5.13. The van der Waals surface area contributed by atoms with Gasteiger partial charge >= 0.3 is 5.97 Å². The SMILES string of the molecule is COc1ccccc1OCC(=O)Oc1ccc2c(c1)OC(N)=C(C#N)C2c1ccc(OCc2ccc(Cl)cc2)cc1. The highest BCUT2D eigenvalue weighted by Gasteiger charge is 2.31. The van der Waals surface area contributed by atoms with E-state index in [-0.39, 0.29) is 23.8 Å². The number of hydrogen-bond acceptors (Lipinski definition) is 8. The summed E-state index contributed by atoms with van der Waals surface area (Å²) >= 11 is 5.95. The summed E-state index contributed by atoms with van der Waals surface area (Å²) in [5.41, 5.74) is 8.93. The van der Waals surface area contributed by atoms with Crippen LogP contribution < -0.4 is 29.4 Å². The molecular weight excluding hydrogens is 544 g/mol. The van der Waals surface area contributed by atoms with Crippen molar-refractivity contribution < 1.29 is 28.5 Å². The molecule has 0 aliphatic carbocycles. The summed E-state index contributed by atoms with van der Waals surface area (Å²) in [4.78, 5) is 12.5. The molecule has 1 unspecified atom stereocenters. The first-order valence-electron chi connectivity index (χ1n) is 12.6. The van der Waals surface area contributed by atoms with Gasteiger partial charge < -0.3 is 29.4 Å². The van der Waals surface area contributed by atoms with E-state index in [1.54, 1.807) is 42.5 Å². The van der Waals surface area contributed by atoms with Crippen LogP contribution in [0.25, 0.3) is 0 Å². The number of carbonyl (C=O) groups is 1. The number of nitrogens with zero attached hydrogens (tertiary/aromatic N) is 1. The van der Waals surface area contributed by atoms with Crippen molar-refractivity contribution >= 4 is 17.6 Å². The van der Waals surface area contributed by atoms with Gasteiger partial charge in [-0.2, -0.15) is 5.26 Å². The maximum absolute atomic E-state index is 12.5. The predicted octanol–water partition coefficient (Wildman–Crippen LogP) is 6.13. The summed E-state index contributed by atoms with van der Waals surface area (Å²) in [5, 5.41) is 10.5. The Bertz CT molecular complexity index is 1630. The van der Waals surface area contributed by atoms with Crippen LogP contribution in [0.4, 0.5) is 0 Å². The average molecular weight is 569 g/mol. The zero-order valence-corrected chi connectivity index (χ0v) is 22.8. The van der Waals surface area contributed by atoms with E-state index in [0.717, 1.165) is 11.1 Å². The third-order valence-corrected chi connectivity index (χ3v) is 6.62. The van der Waals surface area contributed by atoms with Gasteiger partial charge in [-0.25, -0.2) is 4.79 Å². The van der Waals surface area contributed by atoms with Crippen molar-refractivity contribution in [3.05, 3.63) is 124 Å². The number of nitrogens with two attached hydrogens (primary N) is 1. The lowest BCUT2D eigenvalue weighted by Crippen LogP contribution is -2.21. The fourth-order valence-electron chi connectivity index (χ4n) is 4.38. The molecule has 1 heterocycles. The number of fused-ring (bicyclic) bond motifs is 1. The van der Waals surface area contributed by atoms with Gasteiger partial charge in [-0.1, -0.05) is 54.1 Å². The van der Waals surface area contributed by atoms with Crippen molar-refractivity contribution in [3.8, 4) is 34.8 Å². The number of allylic oxidation sites excluding steroid dienone is 1. The van der Waals surface area contributed by atoms with E-state index in [4.69, 9.17) is 41.0 Å². The molecule has 1 aliphatic heterocycles. The molecule has 4 aromatic rings. The van der Waals surface area contributed by atoms with Gasteiger partial charge in [0.2, 0.25) is 5.88 Å². The van der Waals surface area contributed by atoms with E-state index >= 15 is 0 Å². The fraction of sp³-hybridized carbons (Fsp3) is 0.125. The first kappa shape index (κ1) is 27.4. The van der Waals surface area contributed by atoms with Gasteiger partial charge in [-0.05, 0) is 53.6 Å². The Morgan fingerprint density at radius 1 is 0.951 bits per heavy atom. The van der Waals surface area contributed by atoms with Gasteiger partial charge in [0.1, 0.15) is 35.5 Å². The van der Waals surface area contributed by atoms with Gasteiger partial charge in [-0.15, -0.1) is 0 Å². The number of carbonyl (C=O) groups excluding carboxylic acids is 1. The number of halogens is 1. The van der Waals surface area contributed by atoms with Crippen LogP contribution in [-0.4, -0.2) is 19.7 Å². The Kier molecular flexibility index (Phi) is 8.28. The third kappa shape index (κ3) is 6.38. The van der Waals surface area contributed by atoms with E-state index in [1.807, 2.05) is 48.5 Å². The zero-order chi connectivity index (χ0) is 28.8. The lowest BCUT2D eigenvalue weighted by Gasteiger charge is -2.26. The van der Waals surface area contributed by atoms with E-state index in [9.17, 15) is 10.1 Å². The first-order chi connectivity index (χ1) is 19.9. The molecule has 5 rings (SSSR count). The molecule has 1 atom stereocenters. The van der Waals surface area contributed by atoms with Gasteiger partial charge in [0, 0.05) is 16.7 Å². The minimum Gasteiger partial charge on any atom is -0.493 e. The van der Waals surface area contributed by atoms with Gasteiger partial charge in [-0.3, -0.25) is 0 Å². The molecular formula is C32H25ClN2O6. The van der Waals surface area contributed by atoms with Crippen LogP contribution in [0, 0.1) is 11.3 Å². The summed E-state index contributed by atoms with van der Waals surface area (Å²) in [6.07, 6.45) is 0. The summed E-state index contributed by atoms with van der Waals surface area (Å²) in [7, 11) is 1.52. The van der Waals surface area contributed by atoms with Crippen molar-refractivity contribution in [2.45, 2.75) is 12.5 Å². The minimum atomic E-state index is -0.612. The van der Waals surface area contributed by atoms with Crippen molar-refractivity contribution in [3.63, 3.8) is 0 Å². The maximum atomic E-state index is 12.5. The van der Waals surface area contributed by atoms with E-state index < -0.39 is 11.9 Å². The molecule has 0 bridgehead atoms. The van der Waals surface area contributed by atoms with Crippen LogP contribution in [0.2, 0.25) is 5.02 Å². The monoisotopic (exact) mass is 568 g/mol. The molecule has 1 aliphatic rings. The molecule has 41 heavy (non-hydrogen) atoms. The average Bonchev–Trinajstić information content (AvgIpc) is 2.99. The van der Waals surface area contributed by atoms with Crippen LogP contribution in [0.15, 0.2) is 102 Å².